The molecule has 1 saturated heterocycles. The van der Waals surface area contributed by atoms with Crippen LogP contribution in [0, 0.1) is 5.41 Å². The highest BCUT2D eigenvalue weighted by atomic mass is 15.9. The van der Waals surface area contributed by atoms with Crippen LogP contribution in [-0.2, 0) is 0 Å². The molecule has 1 aromatic heterocycles. The molecule has 0 radical (unpaired) electrons. The van der Waals surface area contributed by atoms with Crippen molar-refractivity contribution in [3.05, 3.63) is 274 Å². The highest BCUT2D eigenvalue weighted by molar-refractivity contribution is 6.04. The smallest absolute Gasteiger partial charge is 0.258 e. The average molecular weight is 936 g/mol. The van der Waals surface area contributed by atoms with Gasteiger partial charge in [0.2, 0.25) is 6.17 Å². The summed E-state index contributed by atoms with van der Waals surface area (Å²) in [5.41, 5.74) is 17.1. The summed E-state index contributed by atoms with van der Waals surface area (Å²) in [6, 6.07) is 70.5. The van der Waals surface area contributed by atoms with Crippen LogP contribution in [0.4, 0.5) is 0 Å². The van der Waals surface area contributed by atoms with E-state index in [4.69, 9.17) is 4.99 Å². The fourth-order valence-corrected chi connectivity index (χ4v) is 13.7. The quantitative estimate of drug-likeness (QED) is 0.165. The van der Waals surface area contributed by atoms with Crippen molar-refractivity contribution < 1.29 is 5.01 Å². The first-order chi connectivity index (χ1) is 36.1. The zero-order chi connectivity index (χ0) is 47.9. The molecule has 16 rings (SSSR count). The largest absolute Gasteiger partial charge is 0.309 e. The standard InChI is InChI=1S/C69H50N4/c1-69-37-14-13-22-50(69)40-63-61(42-69)55-35-33-48(64-56-26-11-10-25-54(56)57-36-32-45-19-7-8-24-53(45)65(57)64)39-62(55)71(63)51-34-31-46-21-15-28-59(60(46)41-51)68-72-66(49-30-29-43-16-5-6-20-47(43)38-49)70-67(73(68)72)58-27-12-9-23-52(58)44-17-3-2-4-18-44/h2-9,11-24,26-36,38-42,64,67-68H,10,25,37H2,1H3/p+1. The molecule has 73 heavy (non-hydrogen) atoms. The molecular formula is C69H51N4+. The Hall–Kier alpha value is -8.57. The van der Waals surface area contributed by atoms with Crippen molar-refractivity contribution in [2.75, 3.05) is 0 Å². The summed E-state index contributed by atoms with van der Waals surface area (Å²) in [5.74, 6) is 1.19. The lowest BCUT2D eigenvalue weighted by molar-refractivity contribution is -0.864. The van der Waals surface area contributed by atoms with Crippen LogP contribution in [0.1, 0.15) is 77.8 Å². The van der Waals surface area contributed by atoms with Crippen molar-refractivity contribution >= 4 is 66.8 Å². The summed E-state index contributed by atoms with van der Waals surface area (Å²) < 4.78 is 2.59. The lowest BCUT2D eigenvalue weighted by Gasteiger charge is -2.30. The van der Waals surface area contributed by atoms with Gasteiger partial charge in [-0.25, -0.2) is 0 Å². The molecule has 5 atom stereocenters. The summed E-state index contributed by atoms with van der Waals surface area (Å²) in [4.78, 5) is 5.66. The Morgan fingerprint density at radius 1 is 0.616 bits per heavy atom. The second-order valence-electron chi connectivity index (χ2n) is 21.2. The molecule has 10 aromatic rings. The lowest BCUT2D eigenvalue weighted by atomic mass is 9.74. The van der Waals surface area contributed by atoms with E-state index in [2.05, 4.69) is 247 Å². The SMILES string of the molecule is CC12C=c3c(n(-c4ccc5cccc(C6N7C(c8ccc9ccccc9c8)=NC(c8ccccc8-c8ccccc8)[NH+]67)c5c4)c4cc(C5C6=C(CCC=C6)c6ccc7ccccc7c65)ccc34)=CC1=CC=CC2. The predicted molar refractivity (Wildman–Crippen MR) is 301 cm³/mol. The van der Waals surface area contributed by atoms with Gasteiger partial charge in [0, 0.05) is 44.3 Å². The first-order valence-electron chi connectivity index (χ1n) is 26.1. The maximum atomic E-state index is 5.66. The molecule has 4 aliphatic carbocycles. The number of rotatable bonds is 6. The second kappa shape index (κ2) is 15.5. The average Bonchev–Trinajstić information content (AvgIpc) is 3.71. The number of hydrogen-bond acceptors (Lipinski definition) is 2. The van der Waals surface area contributed by atoms with E-state index < -0.39 is 0 Å². The Morgan fingerprint density at radius 3 is 2.33 bits per heavy atom. The van der Waals surface area contributed by atoms with E-state index in [0.717, 1.165) is 30.7 Å². The van der Waals surface area contributed by atoms with E-state index in [9.17, 15) is 0 Å². The van der Waals surface area contributed by atoms with Crippen molar-refractivity contribution in [2.24, 2.45) is 10.4 Å². The highest BCUT2D eigenvalue weighted by Crippen LogP contribution is 2.52. The maximum absolute atomic E-state index is 5.66. The highest BCUT2D eigenvalue weighted by Gasteiger charge is 2.64. The number of quaternary nitrogens is 1. The Bertz CT molecular complexity index is 4350. The van der Waals surface area contributed by atoms with E-state index in [0.29, 0.717) is 0 Å². The van der Waals surface area contributed by atoms with Gasteiger partial charge in [-0.1, -0.05) is 207 Å². The second-order valence-corrected chi connectivity index (χ2v) is 21.2. The summed E-state index contributed by atoms with van der Waals surface area (Å²) >= 11 is 0. The van der Waals surface area contributed by atoms with Crippen LogP contribution < -0.4 is 15.6 Å². The monoisotopic (exact) mass is 935 g/mol. The number of fused-ring (bicyclic) bond motifs is 11. The molecule has 1 fully saturated rings. The van der Waals surface area contributed by atoms with Crippen molar-refractivity contribution in [1.29, 1.82) is 0 Å². The molecule has 2 aliphatic heterocycles. The molecule has 5 unspecified atom stereocenters. The number of hydrogen-bond donors (Lipinski definition) is 1. The van der Waals surface area contributed by atoms with E-state index in [-0.39, 0.29) is 23.7 Å². The molecule has 0 saturated carbocycles. The molecule has 9 aromatic carbocycles. The Labute approximate surface area is 424 Å². The van der Waals surface area contributed by atoms with Crippen molar-refractivity contribution in [2.45, 2.75) is 44.4 Å². The van der Waals surface area contributed by atoms with E-state index in [1.54, 1.807) is 0 Å². The maximum Gasteiger partial charge on any atom is 0.258 e. The number of nitrogens with zero attached hydrogens (tertiary/aromatic N) is 3. The zero-order valence-electron chi connectivity index (χ0n) is 40.6. The van der Waals surface area contributed by atoms with Crippen molar-refractivity contribution in [3.8, 4) is 16.8 Å². The van der Waals surface area contributed by atoms with Gasteiger partial charge in [0.15, 0.2) is 5.84 Å². The minimum absolute atomic E-state index is 0.0664. The molecule has 3 heterocycles. The molecule has 0 amide bonds. The minimum atomic E-state index is -0.120. The number of nitrogens with one attached hydrogen (secondary N) is 1. The van der Waals surface area contributed by atoms with Crippen LogP contribution in [0.3, 0.4) is 0 Å². The van der Waals surface area contributed by atoms with Crippen LogP contribution in [0.25, 0.3) is 77.8 Å². The third-order valence-electron chi connectivity index (χ3n) is 17.2. The molecule has 346 valence electrons. The summed E-state index contributed by atoms with van der Waals surface area (Å²) in [6.45, 7) is 2.41. The summed E-state index contributed by atoms with van der Waals surface area (Å²) in [5, 5.41) is 15.4. The van der Waals surface area contributed by atoms with Gasteiger partial charge in [-0.15, -0.1) is 5.01 Å². The minimum Gasteiger partial charge on any atom is -0.309 e. The number of aliphatic imine (C=N–C) groups is 1. The van der Waals surface area contributed by atoms with Gasteiger partial charge in [0.1, 0.15) is 0 Å². The summed E-state index contributed by atoms with van der Waals surface area (Å²) in [6.07, 6.45) is 19.9. The fraction of sp³-hybridized carbons (Fsp3) is 0.116. The van der Waals surface area contributed by atoms with Crippen LogP contribution in [0.15, 0.2) is 235 Å². The zero-order valence-corrected chi connectivity index (χ0v) is 40.6. The van der Waals surface area contributed by atoms with Gasteiger partial charge < -0.3 is 4.57 Å². The van der Waals surface area contributed by atoms with Gasteiger partial charge in [0.05, 0.1) is 10.9 Å². The van der Waals surface area contributed by atoms with Gasteiger partial charge in [0.25, 0.3) is 6.17 Å². The third kappa shape index (κ3) is 6.08. The van der Waals surface area contributed by atoms with Crippen molar-refractivity contribution in [3.63, 3.8) is 0 Å². The number of allylic oxidation sites excluding steroid dienone is 8. The van der Waals surface area contributed by atoms with E-state index >= 15 is 0 Å². The molecule has 6 aliphatic rings. The number of benzene rings is 9. The summed E-state index contributed by atoms with van der Waals surface area (Å²) in [7, 11) is 0. The molecule has 4 nitrogen and oxygen atoms in total. The topological polar surface area (TPSA) is 24.7 Å². The number of amidine groups is 1. The predicted octanol–water partition coefficient (Wildman–Crippen LogP) is 13.7. The van der Waals surface area contributed by atoms with Gasteiger partial charge in [-0.2, -0.15) is 10.0 Å². The van der Waals surface area contributed by atoms with Gasteiger partial charge in [-0.3, -0.25) is 0 Å². The third-order valence-corrected chi connectivity index (χ3v) is 17.2. The van der Waals surface area contributed by atoms with Crippen molar-refractivity contribution in [1.82, 2.24) is 9.58 Å². The molecular weight excluding hydrogens is 885 g/mol. The normalized spacial score (nSPS) is 22.1. The van der Waals surface area contributed by atoms with Crippen LogP contribution in [-0.4, -0.2) is 15.4 Å². The van der Waals surface area contributed by atoms with Gasteiger partial charge >= 0.3 is 0 Å². The Balaban J connectivity index is 0.890. The molecule has 0 bridgehead atoms. The van der Waals surface area contributed by atoms with Crippen LogP contribution >= 0.6 is 0 Å². The molecule has 0 spiro atoms. The van der Waals surface area contributed by atoms with Gasteiger partial charge in [-0.05, 0) is 126 Å². The van der Waals surface area contributed by atoms with Crippen LogP contribution in [0.5, 0.6) is 0 Å². The Kier molecular flexibility index (Phi) is 8.70. The fourth-order valence-electron chi connectivity index (χ4n) is 13.7. The first-order valence-corrected chi connectivity index (χ1v) is 26.1. The van der Waals surface area contributed by atoms with Crippen LogP contribution in [0.2, 0.25) is 0 Å². The number of aromatic nitrogens is 1. The lowest BCUT2D eigenvalue weighted by Crippen LogP contribution is -2.94. The molecule has 4 heteroatoms. The van der Waals surface area contributed by atoms with E-state index in [1.165, 1.54) is 120 Å². The Morgan fingerprint density at radius 2 is 1.40 bits per heavy atom. The molecule has 1 N–H and O–H groups in total. The first kappa shape index (κ1) is 41.1. The van der Waals surface area contributed by atoms with E-state index in [1.807, 2.05) is 0 Å².